The standard InChI is InChI=1S/C18H31ClN4O2/c1-20-18(22-10-12-23(2)11-5-13-24-3)21-9-8-15-6-7-16(25-4)14-17(15)19/h6-7,14H,5,8-13H2,1-4H3,(H2,20,21,22). The number of benzene rings is 1. The van der Waals surface area contributed by atoms with Gasteiger partial charge in [0.1, 0.15) is 5.75 Å². The second kappa shape index (κ2) is 12.8. The predicted molar refractivity (Wildman–Crippen MR) is 105 cm³/mol. The molecular weight excluding hydrogens is 340 g/mol. The maximum atomic E-state index is 6.26. The summed E-state index contributed by atoms with van der Waals surface area (Å²) >= 11 is 6.26. The van der Waals surface area contributed by atoms with Crippen LogP contribution in [0.4, 0.5) is 0 Å². The van der Waals surface area contributed by atoms with Crippen LogP contribution < -0.4 is 15.4 Å². The Hall–Kier alpha value is -1.50. The average molecular weight is 371 g/mol. The quantitative estimate of drug-likeness (QED) is 0.354. The first kappa shape index (κ1) is 21.5. The molecule has 0 fully saturated rings. The molecule has 1 aromatic carbocycles. The average Bonchev–Trinajstić information content (AvgIpc) is 2.61. The van der Waals surface area contributed by atoms with Crippen LogP contribution in [-0.4, -0.2) is 72.0 Å². The van der Waals surface area contributed by atoms with E-state index in [-0.39, 0.29) is 0 Å². The molecule has 0 spiro atoms. The Kier molecular flexibility index (Phi) is 11.0. The lowest BCUT2D eigenvalue weighted by atomic mass is 10.1. The number of nitrogens with zero attached hydrogens (tertiary/aromatic N) is 2. The molecule has 0 atom stereocenters. The third-order valence-corrected chi connectivity index (χ3v) is 4.20. The highest BCUT2D eigenvalue weighted by atomic mass is 35.5. The number of halogens is 1. The summed E-state index contributed by atoms with van der Waals surface area (Å²) in [7, 11) is 7.26. The third kappa shape index (κ3) is 8.95. The topological polar surface area (TPSA) is 58.1 Å². The van der Waals surface area contributed by atoms with E-state index in [0.29, 0.717) is 0 Å². The van der Waals surface area contributed by atoms with E-state index in [2.05, 4.69) is 27.6 Å². The molecule has 0 amide bonds. The zero-order valence-electron chi connectivity index (χ0n) is 15.8. The molecule has 25 heavy (non-hydrogen) atoms. The lowest BCUT2D eigenvalue weighted by molar-refractivity contribution is 0.180. The number of guanidine groups is 1. The zero-order valence-corrected chi connectivity index (χ0v) is 16.5. The number of aliphatic imine (C=N–C) groups is 1. The van der Waals surface area contributed by atoms with E-state index < -0.39 is 0 Å². The molecule has 0 bridgehead atoms. The van der Waals surface area contributed by atoms with Crippen LogP contribution in [0, 0.1) is 0 Å². The van der Waals surface area contributed by atoms with Gasteiger partial charge >= 0.3 is 0 Å². The van der Waals surface area contributed by atoms with E-state index in [9.17, 15) is 0 Å². The number of ether oxygens (including phenoxy) is 2. The molecule has 142 valence electrons. The Bertz CT molecular complexity index is 526. The van der Waals surface area contributed by atoms with Gasteiger partial charge < -0.3 is 25.0 Å². The van der Waals surface area contributed by atoms with Crippen molar-refractivity contribution in [1.29, 1.82) is 0 Å². The van der Waals surface area contributed by atoms with Crippen molar-refractivity contribution in [1.82, 2.24) is 15.5 Å². The molecule has 0 aromatic heterocycles. The van der Waals surface area contributed by atoms with E-state index in [1.54, 1.807) is 21.3 Å². The van der Waals surface area contributed by atoms with E-state index in [1.165, 1.54) is 0 Å². The van der Waals surface area contributed by atoms with Gasteiger partial charge in [0.05, 0.1) is 7.11 Å². The minimum absolute atomic E-state index is 0.724. The van der Waals surface area contributed by atoms with Crippen molar-refractivity contribution in [2.45, 2.75) is 12.8 Å². The summed E-state index contributed by atoms with van der Waals surface area (Å²) in [4.78, 5) is 6.52. The molecule has 0 heterocycles. The van der Waals surface area contributed by atoms with Gasteiger partial charge in [-0.1, -0.05) is 17.7 Å². The summed E-state index contributed by atoms with van der Waals surface area (Å²) in [5.74, 6) is 1.57. The van der Waals surface area contributed by atoms with Crippen molar-refractivity contribution in [2.75, 3.05) is 61.1 Å². The molecule has 6 nitrogen and oxygen atoms in total. The highest BCUT2D eigenvalue weighted by Crippen LogP contribution is 2.22. The second-order valence-electron chi connectivity index (χ2n) is 5.78. The highest BCUT2D eigenvalue weighted by molar-refractivity contribution is 6.31. The molecule has 1 aromatic rings. The fourth-order valence-electron chi connectivity index (χ4n) is 2.35. The third-order valence-electron chi connectivity index (χ3n) is 3.84. The van der Waals surface area contributed by atoms with Gasteiger partial charge in [-0.2, -0.15) is 0 Å². The van der Waals surface area contributed by atoms with Crippen LogP contribution in [0.2, 0.25) is 5.02 Å². The summed E-state index contributed by atoms with van der Waals surface area (Å²) in [6.45, 7) is 4.38. The normalized spacial score (nSPS) is 11.7. The number of hydrogen-bond donors (Lipinski definition) is 2. The number of rotatable bonds is 11. The van der Waals surface area contributed by atoms with Crippen LogP contribution in [0.3, 0.4) is 0 Å². The molecule has 0 aliphatic heterocycles. The van der Waals surface area contributed by atoms with Gasteiger partial charge in [0.15, 0.2) is 5.96 Å². The van der Waals surface area contributed by atoms with Gasteiger partial charge in [-0.25, -0.2) is 0 Å². The van der Waals surface area contributed by atoms with Gasteiger partial charge in [-0.15, -0.1) is 0 Å². The molecule has 0 aliphatic carbocycles. The maximum Gasteiger partial charge on any atom is 0.191 e. The molecule has 0 unspecified atom stereocenters. The summed E-state index contributed by atoms with van der Waals surface area (Å²) in [6.07, 6.45) is 1.86. The van der Waals surface area contributed by atoms with Gasteiger partial charge in [-0.3, -0.25) is 4.99 Å². The lowest BCUT2D eigenvalue weighted by Gasteiger charge is -2.18. The van der Waals surface area contributed by atoms with Crippen LogP contribution in [-0.2, 0) is 11.2 Å². The van der Waals surface area contributed by atoms with Crippen molar-refractivity contribution < 1.29 is 9.47 Å². The van der Waals surface area contributed by atoms with E-state index >= 15 is 0 Å². The van der Waals surface area contributed by atoms with Gasteiger partial charge in [0.25, 0.3) is 0 Å². The zero-order chi connectivity index (χ0) is 18.5. The SMILES string of the molecule is CN=C(NCCc1ccc(OC)cc1Cl)NCCN(C)CCCOC. The largest absolute Gasteiger partial charge is 0.497 e. The number of nitrogens with one attached hydrogen (secondary N) is 2. The molecule has 0 aliphatic rings. The Morgan fingerprint density at radius 3 is 2.60 bits per heavy atom. The number of methoxy groups -OCH3 is 2. The van der Waals surface area contributed by atoms with Crippen molar-refractivity contribution in [3.63, 3.8) is 0 Å². The van der Waals surface area contributed by atoms with Gasteiger partial charge in [-0.05, 0) is 37.6 Å². The molecule has 7 heteroatoms. The molecule has 0 radical (unpaired) electrons. The fraction of sp³-hybridized carbons (Fsp3) is 0.611. The predicted octanol–water partition coefficient (Wildman–Crippen LogP) is 2.02. The van der Waals surface area contributed by atoms with Gasteiger partial charge in [0.2, 0.25) is 0 Å². The minimum Gasteiger partial charge on any atom is -0.497 e. The van der Waals surface area contributed by atoms with Crippen LogP contribution >= 0.6 is 11.6 Å². The Morgan fingerprint density at radius 2 is 1.96 bits per heavy atom. The van der Waals surface area contributed by atoms with Crippen LogP contribution in [0.25, 0.3) is 0 Å². The molecule has 2 N–H and O–H groups in total. The maximum absolute atomic E-state index is 6.26. The van der Waals surface area contributed by atoms with Crippen molar-refractivity contribution in [3.8, 4) is 5.75 Å². The summed E-state index contributed by atoms with van der Waals surface area (Å²) < 4.78 is 10.2. The van der Waals surface area contributed by atoms with E-state index in [0.717, 1.165) is 67.9 Å². The Balaban J connectivity index is 2.26. The summed E-state index contributed by atoms with van der Waals surface area (Å²) in [6, 6.07) is 5.76. The van der Waals surface area contributed by atoms with E-state index in [4.69, 9.17) is 21.1 Å². The highest BCUT2D eigenvalue weighted by Gasteiger charge is 2.04. The molecule has 0 saturated heterocycles. The van der Waals surface area contributed by atoms with Crippen LogP contribution in [0.5, 0.6) is 5.75 Å². The summed E-state index contributed by atoms with van der Waals surface area (Å²) in [5.41, 5.74) is 1.09. The van der Waals surface area contributed by atoms with Gasteiger partial charge in [0, 0.05) is 52.0 Å². The Labute approximate surface area is 156 Å². The molecule has 1 rings (SSSR count). The first-order valence-electron chi connectivity index (χ1n) is 8.55. The number of likely N-dealkylation sites (N-methyl/N-ethyl adjacent to an activating group) is 1. The summed E-state index contributed by atoms with van der Waals surface area (Å²) in [5, 5.41) is 7.36. The monoisotopic (exact) mass is 370 g/mol. The second-order valence-corrected chi connectivity index (χ2v) is 6.19. The van der Waals surface area contributed by atoms with Crippen LogP contribution in [0.15, 0.2) is 23.2 Å². The van der Waals surface area contributed by atoms with Crippen molar-refractivity contribution in [2.24, 2.45) is 4.99 Å². The number of hydrogen-bond acceptors (Lipinski definition) is 4. The first-order chi connectivity index (χ1) is 12.1. The first-order valence-corrected chi connectivity index (χ1v) is 8.93. The van der Waals surface area contributed by atoms with Crippen molar-refractivity contribution in [3.05, 3.63) is 28.8 Å². The minimum atomic E-state index is 0.724. The molecular formula is C18H31ClN4O2. The van der Waals surface area contributed by atoms with Crippen LogP contribution in [0.1, 0.15) is 12.0 Å². The van der Waals surface area contributed by atoms with Crippen molar-refractivity contribution >= 4 is 17.6 Å². The Morgan fingerprint density at radius 1 is 1.20 bits per heavy atom. The molecule has 0 saturated carbocycles. The van der Waals surface area contributed by atoms with E-state index in [1.807, 2.05) is 18.2 Å². The lowest BCUT2D eigenvalue weighted by Crippen LogP contribution is -2.41. The fourth-order valence-corrected chi connectivity index (χ4v) is 2.61. The smallest absolute Gasteiger partial charge is 0.191 e.